The molecule has 0 heterocycles. The Morgan fingerprint density at radius 1 is 1.08 bits per heavy atom. The van der Waals surface area contributed by atoms with E-state index in [1.807, 2.05) is 0 Å². The van der Waals surface area contributed by atoms with Gasteiger partial charge in [-0.05, 0) is 50.8 Å². The lowest BCUT2D eigenvalue weighted by Gasteiger charge is -2.16. The average Bonchev–Trinajstić information content (AvgIpc) is 2.81. The van der Waals surface area contributed by atoms with Crippen molar-refractivity contribution in [3.8, 4) is 0 Å². The van der Waals surface area contributed by atoms with Gasteiger partial charge in [0.15, 0.2) is 0 Å². The van der Waals surface area contributed by atoms with E-state index in [2.05, 4.69) is 10.0 Å². The van der Waals surface area contributed by atoms with Gasteiger partial charge in [-0.25, -0.2) is 13.1 Å². The first-order valence-corrected chi connectivity index (χ1v) is 10.8. The molecular weight excluding hydrogens is 336 g/mol. The van der Waals surface area contributed by atoms with Crippen molar-refractivity contribution in [1.29, 1.82) is 0 Å². The van der Waals surface area contributed by atoms with Gasteiger partial charge in [-0.2, -0.15) is 0 Å². The van der Waals surface area contributed by atoms with Crippen LogP contribution in [0.1, 0.15) is 64.4 Å². The molecule has 25 heavy (non-hydrogen) atoms. The van der Waals surface area contributed by atoms with Gasteiger partial charge in [0.25, 0.3) is 0 Å². The van der Waals surface area contributed by atoms with Gasteiger partial charge < -0.3 is 5.32 Å². The van der Waals surface area contributed by atoms with Crippen molar-refractivity contribution < 1.29 is 13.2 Å². The molecule has 1 aromatic carbocycles. The van der Waals surface area contributed by atoms with E-state index in [1.165, 1.54) is 25.7 Å². The second-order valence-electron chi connectivity index (χ2n) is 7.18. The molecule has 5 nitrogen and oxygen atoms in total. The van der Waals surface area contributed by atoms with E-state index >= 15 is 0 Å². The molecule has 0 aliphatic heterocycles. The van der Waals surface area contributed by atoms with Crippen LogP contribution in [0.3, 0.4) is 0 Å². The van der Waals surface area contributed by atoms with Crippen molar-refractivity contribution in [2.75, 3.05) is 0 Å². The third kappa shape index (κ3) is 6.78. The van der Waals surface area contributed by atoms with Gasteiger partial charge in [0.2, 0.25) is 15.9 Å². The van der Waals surface area contributed by atoms with E-state index in [9.17, 15) is 13.2 Å². The molecular formula is C19H30N2O3S. The highest BCUT2D eigenvalue weighted by Gasteiger charge is 2.16. The lowest BCUT2D eigenvalue weighted by atomic mass is 10.1. The summed E-state index contributed by atoms with van der Waals surface area (Å²) < 4.78 is 26.8. The molecule has 0 spiro atoms. The summed E-state index contributed by atoms with van der Waals surface area (Å²) in [5.41, 5.74) is 0.972. The van der Waals surface area contributed by atoms with Gasteiger partial charge in [0.1, 0.15) is 0 Å². The summed E-state index contributed by atoms with van der Waals surface area (Å²) >= 11 is 0. The van der Waals surface area contributed by atoms with Crippen molar-refractivity contribution in [2.24, 2.45) is 0 Å². The molecule has 0 radical (unpaired) electrons. The molecule has 6 heteroatoms. The molecule has 0 unspecified atom stereocenters. The fourth-order valence-corrected chi connectivity index (χ4v) is 4.45. The number of nitrogens with one attached hydrogen (secondary N) is 2. The Kier molecular flexibility index (Phi) is 7.44. The van der Waals surface area contributed by atoms with Crippen LogP contribution in [-0.4, -0.2) is 26.4 Å². The number of sulfonamides is 1. The van der Waals surface area contributed by atoms with Crippen LogP contribution in [0.15, 0.2) is 29.2 Å². The molecule has 1 aliphatic rings. The lowest BCUT2D eigenvalue weighted by Crippen LogP contribution is -2.34. The number of benzene rings is 1. The van der Waals surface area contributed by atoms with Gasteiger partial charge in [-0.15, -0.1) is 0 Å². The molecule has 1 amide bonds. The molecule has 1 aromatic rings. The van der Waals surface area contributed by atoms with E-state index in [1.54, 1.807) is 38.1 Å². The molecule has 1 fully saturated rings. The second-order valence-corrected chi connectivity index (χ2v) is 8.89. The van der Waals surface area contributed by atoms with Crippen LogP contribution in [0.4, 0.5) is 0 Å². The molecule has 2 N–H and O–H groups in total. The third-order valence-electron chi connectivity index (χ3n) is 4.49. The zero-order chi connectivity index (χ0) is 18.3. The summed E-state index contributed by atoms with van der Waals surface area (Å²) in [6, 6.07) is 6.95. The normalized spacial score (nSPS) is 16.6. The number of amides is 1. The highest BCUT2D eigenvalue weighted by Crippen LogP contribution is 2.17. The van der Waals surface area contributed by atoms with Gasteiger partial charge in [0.05, 0.1) is 4.90 Å². The maximum absolute atomic E-state index is 12.1. The molecule has 0 saturated heterocycles. The van der Waals surface area contributed by atoms with E-state index in [0.29, 0.717) is 18.9 Å². The monoisotopic (exact) mass is 366 g/mol. The van der Waals surface area contributed by atoms with Crippen LogP contribution >= 0.6 is 0 Å². The fraction of sp³-hybridized carbons (Fsp3) is 0.632. The maximum atomic E-state index is 12.1. The summed E-state index contributed by atoms with van der Waals surface area (Å²) in [6.45, 7) is 3.58. The molecule has 2 rings (SSSR count). The molecule has 0 atom stereocenters. The lowest BCUT2D eigenvalue weighted by molar-refractivity contribution is -0.121. The topological polar surface area (TPSA) is 75.3 Å². The molecule has 0 aromatic heterocycles. The Hall–Kier alpha value is -1.40. The van der Waals surface area contributed by atoms with Gasteiger partial charge in [-0.3, -0.25) is 4.79 Å². The van der Waals surface area contributed by atoms with Crippen molar-refractivity contribution >= 4 is 15.9 Å². The number of carbonyl (C=O) groups excluding carboxylic acids is 1. The van der Waals surface area contributed by atoms with E-state index in [4.69, 9.17) is 0 Å². The number of rotatable bonds is 7. The van der Waals surface area contributed by atoms with Crippen molar-refractivity contribution in [1.82, 2.24) is 10.0 Å². The molecule has 140 valence electrons. The highest BCUT2D eigenvalue weighted by molar-refractivity contribution is 7.89. The van der Waals surface area contributed by atoms with E-state index in [0.717, 1.165) is 18.4 Å². The van der Waals surface area contributed by atoms with Crippen LogP contribution in [0.25, 0.3) is 0 Å². The van der Waals surface area contributed by atoms with Crippen LogP contribution < -0.4 is 10.0 Å². The first-order chi connectivity index (χ1) is 11.9. The first-order valence-electron chi connectivity index (χ1n) is 9.27. The summed E-state index contributed by atoms with van der Waals surface area (Å²) in [6.07, 6.45) is 8.17. The van der Waals surface area contributed by atoms with Crippen molar-refractivity contribution in [2.45, 2.75) is 82.2 Å². The Bertz CT molecular complexity index is 646. The van der Waals surface area contributed by atoms with Crippen LogP contribution in [-0.2, 0) is 21.2 Å². The number of carbonyl (C=O) groups is 1. The zero-order valence-electron chi connectivity index (χ0n) is 15.3. The predicted molar refractivity (Wildman–Crippen MR) is 99.9 cm³/mol. The summed E-state index contributed by atoms with van der Waals surface area (Å²) in [5.74, 6) is 0.0880. The predicted octanol–water partition coefficient (Wildman–Crippen LogP) is 3.14. The number of hydrogen-bond donors (Lipinski definition) is 2. The van der Waals surface area contributed by atoms with Crippen molar-refractivity contribution in [3.05, 3.63) is 29.8 Å². The van der Waals surface area contributed by atoms with Crippen LogP contribution in [0.2, 0.25) is 0 Å². The maximum Gasteiger partial charge on any atom is 0.240 e. The SMILES string of the molecule is CC(C)NS(=O)(=O)c1ccc(CCC(=O)NC2CCCCCC2)cc1. The van der Waals surface area contributed by atoms with E-state index in [-0.39, 0.29) is 16.8 Å². The average molecular weight is 367 g/mol. The Labute approximate surface area is 151 Å². The Morgan fingerprint density at radius 3 is 2.24 bits per heavy atom. The van der Waals surface area contributed by atoms with Crippen molar-refractivity contribution in [3.63, 3.8) is 0 Å². The summed E-state index contributed by atoms with van der Waals surface area (Å²) in [5, 5.41) is 3.14. The standard InChI is InChI=1S/C19H30N2O3S/c1-15(2)21-25(23,24)18-12-9-16(10-13-18)11-14-19(22)20-17-7-5-3-4-6-8-17/h9-10,12-13,15,17,21H,3-8,11,14H2,1-2H3,(H,20,22). The summed E-state index contributed by atoms with van der Waals surface area (Å²) in [4.78, 5) is 12.4. The van der Waals surface area contributed by atoms with Crippen LogP contribution in [0.5, 0.6) is 0 Å². The largest absolute Gasteiger partial charge is 0.353 e. The van der Waals surface area contributed by atoms with Gasteiger partial charge >= 0.3 is 0 Å². The third-order valence-corrected chi connectivity index (χ3v) is 6.16. The zero-order valence-corrected chi connectivity index (χ0v) is 16.1. The first kappa shape index (κ1) is 19.9. The smallest absolute Gasteiger partial charge is 0.240 e. The minimum atomic E-state index is -3.46. The molecule has 1 aliphatic carbocycles. The van der Waals surface area contributed by atoms with Gasteiger partial charge in [0, 0.05) is 18.5 Å². The van der Waals surface area contributed by atoms with Gasteiger partial charge in [-0.1, -0.05) is 37.8 Å². The Balaban J connectivity index is 1.83. The fourth-order valence-electron chi connectivity index (χ4n) is 3.20. The minimum Gasteiger partial charge on any atom is -0.353 e. The molecule has 1 saturated carbocycles. The second kappa shape index (κ2) is 9.34. The van der Waals surface area contributed by atoms with Crippen LogP contribution in [0, 0.1) is 0 Å². The number of hydrogen-bond acceptors (Lipinski definition) is 3. The minimum absolute atomic E-state index is 0.0880. The highest BCUT2D eigenvalue weighted by atomic mass is 32.2. The van der Waals surface area contributed by atoms with E-state index < -0.39 is 10.0 Å². The summed E-state index contributed by atoms with van der Waals surface area (Å²) in [7, 11) is -3.46. The quantitative estimate of drug-likeness (QED) is 0.728. The molecule has 0 bridgehead atoms. The number of aryl methyl sites for hydroxylation is 1. The Morgan fingerprint density at radius 2 is 1.68 bits per heavy atom.